The highest BCUT2D eigenvalue weighted by atomic mass is 16.5. The summed E-state index contributed by atoms with van der Waals surface area (Å²) in [4.78, 5) is 22.7. The lowest BCUT2D eigenvalue weighted by Crippen LogP contribution is -2.36. The molecule has 0 aromatic heterocycles. The maximum atomic E-state index is 11.7. The molecule has 2 rings (SSSR count). The number of carbonyl (C=O) groups excluding carboxylic acids is 1. The molecule has 1 aliphatic rings. The molecule has 0 unspecified atom stereocenters. The maximum Gasteiger partial charge on any atom is 0.311 e. The van der Waals surface area contributed by atoms with Gasteiger partial charge in [0.25, 0.3) is 5.91 Å². The van der Waals surface area contributed by atoms with Gasteiger partial charge in [0, 0.05) is 6.54 Å². The third kappa shape index (κ3) is 3.10. The lowest BCUT2D eigenvalue weighted by molar-refractivity contribution is -0.143. The Hall–Kier alpha value is -2.04. The standard InChI is InChI=1S/C15H19NO4/c1-10-4-3-5-12(11(10)2)20-8-13(17)16-9-15(6-7-15)14(18)19/h3-5H,6-9H2,1-2H3,(H,16,17)(H,18,19). The van der Waals surface area contributed by atoms with Gasteiger partial charge in [-0.1, -0.05) is 12.1 Å². The van der Waals surface area contributed by atoms with Crippen molar-refractivity contribution in [3.8, 4) is 5.75 Å². The molecule has 5 nitrogen and oxygen atoms in total. The number of hydrogen-bond acceptors (Lipinski definition) is 3. The van der Waals surface area contributed by atoms with Crippen molar-refractivity contribution in [1.82, 2.24) is 5.32 Å². The molecule has 0 bridgehead atoms. The van der Waals surface area contributed by atoms with Gasteiger partial charge in [-0.15, -0.1) is 0 Å². The molecule has 5 heteroatoms. The Morgan fingerprint density at radius 2 is 2.05 bits per heavy atom. The second-order valence-corrected chi connectivity index (χ2v) is 5.35. The smallest absolute Gasteiger partial charge is 0.311 e. The van der Waals surface area contributed by atoms with E-state index in [-0.39, 0.29) is 19.1 Å². The molecule has 1 saturated carbocycles. The van der Waals surface area contributed by atoms with E-state index in [2.05, 4.69) is 5.32 Å². The van der Waals surface area contributed by atoms with Crippen LogP contribution in [0.15, 0.2) is 18.2 Å². The van der Waals surface area contributed by atoms with E-state index in [0.717, 1.165) is 11.1 Å². The molecule has 2 N–H and O–H groups in total. The molecule has 1 fully saturated rings. The first-order chi connectivity index (χ1) is 9.44. The van der Waals surface area contributed by atoms with E-state index >= 15 is 0 Å². The summed E-state index contributed by atoms with van der Waals surface area (Å²) in [5.74, 6) is -0.453. The first-order valence-electron chi connectivity index (χ1n) is 6.64. The van der Waals surface area contributed by atoms with E-state index in [4.69, 9.17) is 9.84 Å². The van der Waals surface area contributed by atoms with E-state index in [1.54, 1.807) is 0 Å². The maximum absolute atomic E-state index is 11.7. The van der Waals surface area contributed by atoms with Crippen LogP contribution < -0.4 is 10.1 Å². The molecule has 1 aliphatic carbocycles. The fourth-order valence-electron chi connectivity index (χ4n) is 1.96. The summed E-state index contributed by atoms with van der Waals surface area (Å²) in [6.07, 6.45) is 1.25. The summed E-state index contributed by atoms with van der Waals surface area (Å²) >= 11 is 0. The van der Waals surface area contributed by atoms with Crippen LogP contribution in [0, 0.1) is 19.3 Å². The fourth-order valence-corrected chi connectivity index (χ4v) is 1.96. The van der Waals surface area contributed by atoms with E-state index in [1.807, 2.05) is 32.0 Å². The second kappa shape index (κ2) is 5.53. The van der Waals surface area contributed by atoms with Crippen LogP contribution in [0.4, 0.5) is 0 Å². The van der Waals surface area contributed by atoms with Gasteiger partial charge in [-0.2, -0.15) is 0 Å². The van der Waals surface area contributed by atoms with E-state index in [0.29, 0.717) is 18.6 Å². The zero-order chi connectivity index (χ0) is 14.8. The van der Waals surface area contributed by atoms with Crippen LogP contribution in [-0.4, -0.2) is 30.1 Å². The van der Waals surface area contributed by atoms with Crippen molar-refractivity contribution in [2.75, 3.05) is 13.2 Å². The van der Waals surface area contributed by atoms with Crippen LogP contribution in [-0.2, 0) is 9.59 Å². The molecular formula is C15H19NO4. The second-order valence-electron chi connectivity index (χ2n) is 5.35. The Bertz CT molecular complexity index is 535. The lowest BCUT2D eigenvalue weighted by Gasteiger charge is -2.13. The van der Waals surface area contributed by atoms with E-state index < -0.39 is 11.4 Å². The first-order valence-corrected chi connectivity index (χ1v) is 6.64. The normalized spacial score (nSPS) is 15.5. The van der Waals surface area contributed by atoms with Gasteiger partial charge in [0.05, 0.1) is 5.41 Å². The minimum absolute atomic E-state index is 0.0972. The molecule has 20 heavy (non-hydrogen) atoms. The van der Waals surface area contributed by atoms with Crippen molar-refractivity contribution in [2.24, 2.45) is 5.41 Å². The molecule has 1 aromatic carbocycles. The lowest BCUT2D eigenvalue weighted by atomic mass is 10.1. The Morgan fingerprint density at radius 3 is 2.65 bits per heavy atom. The molecular weight excluding hydrogens is 258 g/mol. The van der Waals surface area contributed by atoms with Gasteiger partial charge in [0.2, 0.25) is 0 Å². The minimum Gasteiger partial charge on any atom is -0.483 e. The Kier molecular flexibility index (Phi) is 3.97. The van der Waals surface area contributed by atoms with Crippen LogP contribution >= 0.6 is 0 Å². The van der Waals surface area contributed by atoms with Crippen LogP contribution in [0.3, 0.4) is 0 Å². The first kappa shape index (κ1) is 14.4. The van der Waals surface area contributed by atoms with Crippen LogP contribution in [0.5, 0.6) is 5.75 Å². The Morgan fingerprint density at radius 1 is 1.35 bits per heavy atom. The number of amides is 1. The molecule has 1 amide bonds. The van der Waals surface area contributed by atoms with Gasteiger partial charge in [0.1, 0.15) is 5.75 Å². The van der Waals surface area contributed by atoms with E-state index in [1.165, 1.54) is 0 Å². The summed E-state index contributed by atoms with van der Waals surface area (Å²) in [6.45, 7) is 4.00. The van der Waals surface area contributed by atoms with Crippen molar-refractivity contribution in [3.05, 3.63) is 29.3 Å². The molecule has 0 heterocycles. The summed E-state index contributed by atoms with van der Waals surface area (Å²) in [5, 5.41) is 11.6. The zero-order valence-corrected chi connectivity index (χ0v) is 11.7. The predicted molar refractivity (Wildman–Crippen MR) is 73.7 cm³/mol. The highest BCUT2D eigenvalue weighted by molar-refractivity contribution is 5.81. The average Bonchev–Trinajstić information content (AvgIpc) is 3.19. The molecule has 0 aliphatic heterocycles. The number of benzene rings is 1. The molecule has 0 radical (unpaired) electrons. The third-order valence-electron chi connectivity index (χ3n) is 3.84. The van der Waals surface area contributed by atoms with Gasteiger partial charge < -0.3 is 15.2 Å². The fraction of sp³-hybridized carbons (Fsp3) is 0.467. The molecule has 0 spiro atoms. The van der Waals surface area contributed by atoms with Crippen molar-refractivity contribution >= 4 is 11.9 Å². The monoisotopic (exact) mass is 277 g/mol. The zero-order valence-electron chi connectivity index (χ0n) is 11.7. The number of nitrogens with one attached hydrogen (secondary N) is 1. The molecule has 1 aromatic rings. The number of hydrogen-bond donors (Lipinski definition) is 2. The summed E-state index contributed by atoms with van der Waals surface area (Å²) in [6, 6.07) is 5.67. The molecule has 108 valence electrons. The van der Waals surface area contributed by atoms with Gasteiger partial charge in [-0.05, 0) is 43.9 Å². The largest absolute Gasteiger partial charge is 0.483 e. The highest BCUT2D eigenvalue weighted by Gasteiger charge is 2.50. The van der Waals surface area contributed by atoms with Crippen molar-refractivity contribution in [1.29, 1.82) is 0 Å². The quantitative estimate of drug-likeness (QED) is 0.829. The Balaban J connectivity index is 1.81. The van der Waals surface area contributed by atoms with E-state index in [9.17, 15) is 9.59 Å². The van der Waals surface area contributed by atoms with Gasteiger partial charge in [0.15, 0.2) is 6.61 Å². The topological polar surface area (TPSA) is 75.6 Å². The van der Waals surface area contributed by atoms with Crippen LogP contribution in [0.25, 0.3) is 0 Å². The number of ether oxygens (including phenoxy) is 1. The van der Waals surface area contributed by atoms with Crippen molar-refractivity contribution in [3.63, 3.8) is 0 Å². The number of carbonyl (C=O) groups is 2. The number of aliphatic carboxylic acids is 1. The van der Waals surface area contributed by atoms with Crippen molar-refractivity contribution < 1.29 is 19.4 Å². The van der Waals surface area contributed by atoms with Crippen molar-refractivity contribution in [2.45, 2.75) is 26.7 Å². The van der Waals surface area contributed by atoms with Gasteiger partial charge in [-0.3, -0.25) is 9.59 Å². The third-order valence-corrected chi connectivity index (χ3v) is 3.84. The number of carboxylic acid groups (broad SMARTS) is 1. The van der Waals surface area contributed by atoms with Gasteiger partial charge in [-0.25, -0.2) is 0 Å². The minimum atomic E-state index is -0.840. The molecule has 0 atom stereocenters. The number of aryl methyl sites for hydroxylation is 1. The molecule has 0 saturated heterocycles. The van der Waals surface area contributed by atoms with Gasteiger partial charge >= 0.3 is 5.97 Å². The van der Waals surface area contributed by atoms with Crippen LogP contribution in [0.1, 0.15) is 24.0 Å². The number of carboxylic acids is 1. The SMILES string of the molecule is Cc1cccc(OCC(=O)NCC2(C(=O)O)CC2)c1C. The average molecular weight is 277 g/mol. The summed E-state index contributed by atoms with van der Waals surface area (Å²) < 4.78 is 5.47. The summed E-state index contributed by atoms with van der Waals surface area (Å²) in [5.41, 5.74) is 1.37. The summed E-state index contributed by atoms with van der Waals surface area (Å²) in [7, 11) is 0. The Labute approximate surface area is 117 Å². The van der Waals surface area contributed by atoms with Crippen LogP contribution in [0.2, 0.25) is 0 Å². The number of rotatable bonds is 6. The predicted octanol–water partition coefficient (Wildman–Crippen LogP) is 1.66. The highest BCUT2D eigenvalue weighted by Crippen LogP contribution is 2.45.